The Balaban J connectivity index is 2.91. The van der Waals surface area contributed by atoms with E-state index < -0.39 is 17.4 Å². The zero-order chi connectivity index (χ0) is 11.8. The van der Waals surface area contributed by atoms with E-state index in [9.17, 15) is 9.59 Å². The van der Waals surface area contributed by atoms with Crippen LogP contribution >= 0.6 is 11.6 Å². The van der Waals surface area contributed by atoms with Crippen molar-refractivity contribution in [3.8, 4) is 0 Å². The van der Waals surface area contributed by atoms with E-state index in [2.05, 4.69) is 0 Å². The van der Waals surface area contributed by atoms with E-state index in [1.54, 1.807) is 20.8 Å². The second-order valence-corrected chi connectivity index (χ2v) is 5.57. The summed E-state index contributed by atoms with van der Waals surface area (Å²) in [5, 5.41) is 8.87. The van der Waals surface area contributed by atoms with Gasteiger partial charge in [-0.15, -0.1) is 11.6 Å². The molecular weight excluding hydrogens is 218 g/mol. The van der Waals surface area contributed by atoms with Crippen LogP contribution in [0.15, 0.2) is 0 Å². The third kappa shape index (κ3) is 2.62. The Kier molecular flexibility index (Phi) is 3.28. The molecule has 1 heterocycles. The van der Waals surface area contributed by atoms with Crippen LogP contribution in [0.4, 0.5) is 0 Å². The molecule has 1 N–H and O–H groups in total. The third-order valence-corrected chi connectivity index (χ3v) is 2.77. The molecule has 1 amide bonds. The van der Waals surface area contributed by atoms with Gasteiger partial charge in [0, 0.05) is 13.0 Å². The summed E-state index contributed by atoms with van der Waals surface area (Å²) in [4.78, 5) is 24.1. The quantitative estimate of drug-likeness (QED) is 0.732. The van der Waals surface area contributed by atoms with Gasteiger partial charge in [0.25, 0.3) is 0 Å². The molecule has 0 bridgehead atoms. The highest BCUT2D eigenvalue weighted by molar-refractivity contribution is 6.22. The van der Waals surface area contributed by atoms with Gasteiger partial charge in [-0.2, -0.15) is 0 Å². The Bertz CT molecular complexity index is 285. The summed E-state index contributed by atoms with van der Waals surface area (Å²) >= 11 is 5.85. The molecule has 1 aliphatic heterocycles. The summed E-state index contributed by atoms with van der Waals surface area (Å²) in [6, 6.07) is -0.797. The summed E-state index contributed by atoms with van der Waals surface area (Å²) in [7, 11) is 0. The van der Waals surface area contributed by atoms with Gasteiger partial charge in [-0.1, -0.05) is 20.8 Å². The number of amides is 1. The maximum Gasteiger partial charge on any atom is 0.326 e. The van der Waals surface area contributed by atoms with E-state index in [1.165, 1.54) is 4.90 Å². The van der Waals surface area contributed by atoms with Gasteiger partial charge >= 0.3 is 5.97 Å². The lowest BCUT2D eigenvalue weighted by atomic mass is 9.86. The summed E-state index contributed by atoms with van der Waals surface area (Å²) in [5.74, 6) is -1.14. The van der Waals surface area contributed by atoms with Gasteiger partial charge in [0.2, 0.25) is 5.91 Å². The topological polar surface area (TPSA) is 57.6 Å². The lowest BCUT2D eigenvalue weighted by Crippen LogP contribution is -2.50. The highest BCUT2D eigenvalue weighted by Gasteiger charge is 2.43. The molecule has 0 saturated carbocycles. The molecule has 0 aromatic carbocycles. The number of carboxylic acid groups (broad SMARTS) is 1. The standard InChI is InChI=1S/C10H16ClNO3/c1-10(2,3)8(9(14)15)12-5-6(11)4-7(12)13/h6,8H,4-5H2,1-3H3,(H,14,15)/t6?,8-/m1/s1. The van der Waals surface area contributed by atoms with Crippen LogP contribution in [0.1, 0.15) is 27.2 Å². The van der Waals surface area contributed by atoms with Crippen molar-refractivity contribution in [2.45, 2.75) is 38.6 Å². The first kappa shape index (κ1) is 12.3. The predicted octanol–water partition coefficient (Wildman–Crippen LogP) is 1.33. The molecule has 2 atom stereocenters. The van der Waals surface area contributed by atoms with Crippen molar-refractivity contribution in [3.05, 3.63) is 0 Å². The van der Waals surface area contributed by atoms with Crippen molar-refractivity contribution in [2.24, 2.45) is 5.41 Å². The fourth-order valence-corrected chi connectivity index (χ4v) is 2.19. The first-order chi connectivity index (χ1) is 6.73. The number of halogens is 1. The third-order valence-electron chi connectivity index (χ3n) is 2.48. The molecule has 0 radical (unpaired) electrons. The number of hydrogen-bond donors (Lipinski definition) is 1. The largest absolute Gasteiger partial charge is 0.480 e. The molecule has 1 unspecified atom stereocenters. The van der Waals surface area contributed by atoms with Gasteiger partial charge in [-0.25, -0.2) is 4.79 Å². The number of rotatable bonds is 2. The van der Waals surface area contributed by atoms with Gasteiger partial charge in [-0.3, -0.25) is 4.79 Å². The summed E-state index contributed by atoms with van der Waals surface area (Å²) in [6.07, 6.45) is 0.238. The molecule has 0 aromatic heterocycles. The zero-order valence-electron chi connectivity index (χ0n) is 9.16. The number of carbonyl (C=O) groups is 2. The van der Waals surface area contributed by atoms with Crippen molar-refractivity contribution >= 4 is 23.5 Å². The normalized spacial score (nSPS) is 24.4. The molecule has 1 aliphatic rings. The van der Waals surface area contributed by atoms with Crippen LogP contribution in [-0.4, -0.2) is 39.8 Å². The lowest BCUT2D eigenvalue weighted by Gasteiger charge is -2.34. The van der Waals surface area contributed by atoms with Gasteiger partial charge in [0.15, 0.2) is 0 Å². The van der Waals surface area contributed by atoms with E-state index in [0.29, 0.717) is 6.54 Å². The number of carbonyl (C=O) groups excluding carboxylic acids is 1. The molecule has 86 valence electrons. The Morgan fingerprint density at radius 2 is 2.13 bits per heavy atom. The molecule has 1 fully saturated rings. The van der Waals surface area contributed by atoms with Crippen molar-refractivity contribution in [1.29, 1.82) is 0 Å². The number of hydrogen-bond acceptors (Lipinski definition) is 2. The molecule has 0 aliphatic carbocycles. The van der Waals surface area contributed by atoms with Crippen LogP contribution in [0.5, 0.6) is 0 Å². The second-order valence-electron chi connectivity index (χ2n) is 4.95. The van der Waals surface area contributed by atoms with E-state index in [4.69, 9.17) is 16.7 Å². The highest BCUT2D eigenvalue weighted by Crippen LogP contribution is 2.29. The van der Waals surface area contributed by atoms with Crippen LogP contribution in [0.25, 0.3) is 0 Å². The molecule has 4 nitrogen and oxygen atoms in total. The average Bonchev–Trinajstić information content (AvgIpc) is 2.26. The Morgan fingerprint density at radius 3 is 2.40 bits per heavy atom. The van der Waals surface area contributed by atoms with Crippen molar-refractivity contribution < 1.29 is 14.7 Å². The Hall–Kier alpha value is -0.770. The number of aliphatic carboxylic acids is 1. The van der Waals surface area contributed by atoms with Gasteiger partial charge in [-0.05, 0) is 5.41 Å². The van der Waals surface area contributed by atoms with Crippen LogP contribution in [-0.2, 0) is 9.59 Å². The van der Waals surface area contributed by atoms with Crippen molar-refractivity contribution in [1.82, 2.24) is 4.90 Å². The smallest absolute Gasteiger partial charge is 0.326 e. The van der Waals surface area contributed by atoms with E-state index >= 15 is 0 Å². The summed E-state index contributed by atoms with van der Waals surface area (Å²) in [6.45, 7) is 5.75. The summed E-state index contributed by atoms with van der Waals surface area (Å²) in [5.41, 5.74) is -0.484. The monoisotopic (exact) mass is 233 g/mol. The van der Waals surface area contributed by atoms with Crippen molar-refractivity contribution in [3.63, 3.8) is 0 Å². The number of carboxylic acids is 1. The Labute approximate surface area is 94.2 Å². The van der Waals surface area contributed by atoms with E-state index in [0.717, 1.165) is 0 Å². The van der Waals surface area contributed by atoms with Gasteiger partial charge in [0.1, 0.15) is 6.04 Å². The molecule has 15 heavy (non-hydrogen) atoms. The lowest BCUT2D eigenvalue weighted by molar-refractivity contribution is -0.153. The molecule has 0 aromatic rings. The molecule has 0 spiro atoms. The number of likely N-dealkylation sites (tertiary alicyclic amines) is 1. The number of alkyl halides is 1. The van der Waals surface area contributed by atoms with Crippen LogP contribution in [0, 0.1) is 5.41 Å². The van der Waals surface area contributed by atoms with E-state index in [1.807, 2.05) is 0 Å². The van der Waals surface area contributed by atoms with Crippen LogP contribution < -0.4 is 0 Å². The molecule has 5 heteroatoms. The fourth-order valence-electron chi connectivity index (χ4n) is 1.91. The maximum absolute atomic E-state index is 11.6. The minimum absolute atomic E-state index is 0.169. The van der Waals surface area contributed by atoms with Gasteiger partial charge in [0.05, 0.1) is 5.38 Å². The minimum Gasteiger partial charge on any atom is -0.480 e. The van der Waals surface area contributed by atoms with Gasteiger partial charge < -0.3 is 10.0 Å². The first-order valence-electron chi connectivity index (χ1n) is 4.90. The SMILES string of the molecule is CC(C)(C)[C@@H](C(=O)O)N1CC(Cl)CC1=O. The number of nitrogens with zero attached hydrogens (tertiary/aromatic N) is 1. The van der Waals surface area contributed by atoms with Crippen LogP contribution in [0.2, 0.25) is 0 Å². The minimum atomic E-state index is -0.971. The first-order valence-corrected chi connectivity index (χ1v) is 5.33. The molecule has 1 rings (SSSR count). The average molecular weight is 234 g/mol. The zero-order valence-corrected chi connectivity index (χ0v) is 9.91. The fraction of sp³-hybridized carbons (Fsp3) is 0.800. The second kappa shape index (κ2) is 4.00. The van der Waals surface area contributed by atoms with E-state index in [-0.39, 0.29) is 17.7 Å². The summed E-state index contributed by atoms with van der Waals surface area (Å²) < 4.78 is 0. The predicted molar refractivity (Wildman–Crippen MR) is 56.8 cm³/mol. The molecular formula is C10H16ClNO3. The maximum atomic E-state index is 11.6. The van der Waals surface area contributed by atoms with Crippen LogP contribution in [0.3, 0.4) is 0 Å². The van der Waals surface area contributed by atoms with Crippen molar-refractivity contribution in [2.75, 3.05) is 6.54 Å². The Morgan fingerprint density at radius 1 is 1.60 bits per heavy atom. The highest BCUT2D eigenvalue weighted by atomic mass is 35.5. The molecule has 1 saturated heterocycles.